The van der Waals surface area contributed by atoms with Gasteiger partial charge in [-0.15, -0.1) is 0 Å². The van der Waals surface area contributed by atoms with Gasteiger partial charge in [-0.05, 0) is 49.1 Å². The number of benzene rings is 2. The molecule has 4 rings (SSSR count). The summed E-state index contributed by atoms with van der Waals surface area (Å²) in [6.45, 7) is 3.80. The first-order valence-corrected chi connectivity index (χ1v) is 12.1. The third-order valence-corrected chi connectivity index (χ3v) is 7.82. The van der Waals surface area contributed by atoms with Crippen molar-refractivity contribution in [2.75, 3.05) is 39.3 Å². The number of piperidine rings is 1. The lowest BCUT2D eigenvalue weighted by molar-refractivity contribution is 0.354. The van der Waals surface area contributed by atoms with Gasteiger partial charge in [-0.2, -0.15) is 0 Å². The van der Waals surface area contributed by atoms with E-state index in [1.807, 2.05) is 18.2 Å². The first-order chi connectivity index (χ1) is 15.4. The van der Waals surface area contributed by atoms with Gasteiger partial charge in [0.2, 0.25) is 9.84 Å². The number of rotatable bonds is 6. The summed E-state index contributed by atoms with van der Waals surface area (Å²) in [6.07, 6.45) is 3.47. The molecule has 0 unspecified atom stereocenters. The molecule has 7 nitrogen and oxygen atoms in total. The second-order valence-corrected chi connectivity index (χ2v) is 9.96. The monoisotopic (exact) mass is 456 g/mol. The Balaban J connectivity index is 1.94. The van der Waals surface area contributed by atoms with Gasteiger partial charge in [0.15, 0.2) is 11.5 Å². The number of pyridine rings is 1. The lowest BCUT2D eigenvalue weighted by Crippen LogP contribution is -2.34. The molecule has 0 bridgehead atoms. The van der Waals surface area contributed by atoms with E-state index < -0.39 is 9.84 Å². The molecule has 3 aromatic rings. The van der Waals surface area contributed by atoms with Crippen LogP contribution in [-0.4, -0.2) is 47.8 Å². The van der Waals surface area contributed by atoms with Crippen LogP contribution in [0.1, 0.15) is 19.8 Å². The van der Waals surface area contributed by atoms with Crippen molar-refractivity contribution in [3.8, 4) is 17.2 Å². The normalized spacial score (nSPS) is 15.1. The molecule has 8 heteroatoms. The first-order valence-electron chi connectivity index (χ1n) is 10.6. The molecule has 0 radical (unpaired) electrons. The van der Waals surface area contributed by atoms with Crippen LogP contribution >= 0.6 is 0 Å². The predicted molar refractivity (Wildman–Crippen MR) is 124 cm³/mol. The van der Waals surface area contributed by atoms with Crippen molar-refractivity contribution in [2.24, 2.45) is 5.92 Å². The summed E-state index contributed by atoms with van der Waals surface area (Å²) >= 11 is 0. The van der Waals surface area contributed by atoms with Gasteiger partial charge in [-0.25, -0.2) is 8.42 Å². The van der Waals surface area contributed by atoms with Crippen LogP contribution in [-0.2, 0) is 9.84 Å². The van der Waals surface area contributed by atoms with Crippen molar-refractivity contribution in [2.45, 2.75) is 29.6 Å². The predicted octanol–water partition coefficient (Wildman–Crippen LogP) is 4.33. The number of sulfone groups is 1. The summed E-state index contributed by atoms with van der Waals surface area (Å²) in [5.41, 5.74) is 1.40. The lowest BCUT2D eigenvalue weighted by atomic mass is 9.98. The van der Waals surface area contributed by atoms with Crippen LogP contribution < -0.4 is 19.1 Å². The fourth-order valence-corrected chi connectivity index (χ4v) is 5.58. The minimum atomic E-state index is -3.88. The minimum Gasteiger partial charge on any atom is -0.497 e. The van der Waals surface area contributed by atoms with Crippen LogP contribution in [0.15, 0.2) is 52.4 Å². The Morgan fingerprint density at radius 2 is 1.66 bits per heavy atom. The quantitative estimate of drug-likeness (QED) is 0.546. The average Bonchev–Trinajstić information content (AvgIpc) is 2.82. The van der Waals surface area contributed by atoms with Crippen molar-refractivity contribution < 1.29 is 22.6 Å². The van der Waals surface area contributed by atoms with Crippen molar-refractivity contribution >= 4 is 26.4 Å². The smallest absolute Gasteiger partial charge is 0.210 e. The molecular weight excluding hydrogens is 428 g/mol. The number of hydrogen-bond donors (Lipinski definition) is 0. The molecular formula is C24H28N2O5S. The van der Waals surface area contributed by atoms with Gasteiger partial charge in [0, 0.05) is 30.7 Å². The van der Waals surface area contributed by atoms with E-state index in [1.165, 1.54) is 32.5 Å². The Morgan fingerprint density at radius 3 is 2.31 bits per heavy atom. The summed E-state index contributed by atoms with van der Waals surface area (Å²) in [4.78, 5) is 6.95. The summed E-state index contributed by atoms with van der Waals surface area (Å²) < 4.78 is 43.7. The highest BCUT2D eigenvalue weighted by molar-refractivity contribution is 7.91. The van der Waals surface area contributed by atoms with Gasteiger partial charge in [0.05, 0.1) is 37.4 Å². The summed E-state index contributed by atoms with van der Waals surface area (Å²) in [5.74, 6) is 2.10. The van der Waals surface area contributed by atoms with E-state index in [1.54, 1.807) is 13.2 Å². The van der Waals surface area contributed by atoms with Gasteiger partial charge in [-0.3, -0.25) is 4.98 Å². The van der Waals surface area contributed by atoms with Gasteiger partial charge < -0.3 is 19.1 Å². The molecule has 1 aromatic heterocycles. The highest BCUT2D eigenvalue weighted by Gasteiger charge is 2.29. The lowest BCUT2D eigenvalue weighted by Gasteiger charge is -2.34. The maximum Gasteiger partial charge on any atom is 0.210 e. The molecule has 0 saturated carbocycles. The van der Waals surface area contributed by atoms with Crippen LogP contribution in [0.5, 0.6) is 17.2 Å². The van der Waals surface area contributed by atoms with E-state index in [0.29, 0.717) is 28.9 Å². The summed E-state index contributed by atoms with van der Waals surface area (Å²) in [5, 5.41) is 0.764. The molecule has 0 aliphatic carbocycles. The van der Waals surface area contributed by atoms with E-state index in [4.69, 9.17) is 14.2 Å². The van der Waals surface area contributed by atoms with Crippen LogP contribution in [0.3, 0.4) is 0 Å². The molecule has 1 fully saturated rings. The van der Waals surface area contributed by atoms with Crippen LogP contribution in [0.4, 0.5) is 5.69 Å². The highest BCUT2D eigenvalue weighted by Crippen LogP contribution is 2.40. The van der Waals surface area contributed by atoms with Crippen molar-refractivity contribution in [3.05, 3.63) is 42.6 Å². The molecule has 0 N–H and O–H groups in total. The number of hydrogen-bond acceptors (Lipinski definition) is 7. The third kappa shape index (κ3) is 3.95. The Kier molecular flexibility index (Phi) is 6.15. The molecule has 1 aliphatic heterocycles. The van der Waals surface area contributed by atoms with Gasteiger partial charge in [-0.1, -0.05) is 6.92 Å². The Morgan fingerprint density at radius 1 is 0.938 bits per heavy atom. The Hall–Kier alpha value is -3.00. The molecule has 32 heavy (non-hydrogen) atoms. The van der Waals surface area contributed by atoms with Crippen LogP contribution in [0.2, 0.25) is 0 Å². The summed E-state index contributed by atoms with van der Waals surface area (Å²) in [6, 6.07) is 10.2. The van der Waals surface area contributed by atoms with Gasteiger partial charge in [0.1, 0.15) is 10.6 Å². The van der Waals surface area contributed by atoms with Crippen LogP contribution in [0, 0.1) is 5.92 Å². The number of aromatic nitrogens is 1. The van der Waals surface area contributed by atoms with Gasteiger partial charge in [0.25, 0.3) is 0 Å². The zero-order valence-electron chi connectivity index (χ0n) is 18.8. The number of fused-ring (bicyclic) bond motifs is 1. The fourth-order valence-electron chi connectivity index (χ4n) is 4.13. The Labute approximate surface area is 188 Å². The third-order valence-electron chi connectivity index (χ3n) is 6.07. The number of methoxy groups -OCH3 is 3. The van der Waals surface area contributed by atoms with Crippen molar-refractivity contribution in [1.29, 1.82) is 0 Å². The standard InChI is InChI=1S/C24H28N2O5S/c1-16-9-11-26(12-10-16)24-19-13-17(29-2)5-7-20(19)25-15-23(24)32(27,28)18-6-8-21(30-3)22(14-18)31-4/h5-8,13-16H,9-12H2,1-4H3. The maximum absolute atomic E-state index is 13.8. The van der Waals surface area contributed by atoms with E-state index in [0.717, 1.165) is 36.8 Å². The van der Waals surface area contributed by atoms with E-state index in [2.05, 4.69) is 16.8 Å². The molecule has 170 valence electrons. The molecule has 1 saturated heterocycles. The molecule has 2 aromatic carbocycles. The number of ether oxygens (including phenoxy) is 3. The van der Waals surface area contributed by atoms with Crippen molar-refractivity contribution in [1.82, 2.24) is 4.98 Å². The first kappa shape index (κ1) is 22.2. The molecule has 1 aliphatic rings. The largest absolute Gasteiger partial charge is 0.497 e. The van der Waals surface area contributed by atoms with Crippen LogP contribution in [0.25, 0.3) is 10.9 Å². The second kappa shape index (κ2) is 8.86. The minimum absolute atomic E-state index is 0.130. The second-order valence-electron chi connectivity index (χ2n) is 8.04. The topological polar surface area (TPSA) is 78.0 Å². The number of nitrogens with zero attached hydrogens (tertiary/aromatic N) is 2. The SMILES string of the molecule is COc1ccc2ncc(S(=O)(=O)c3ccc(OC)c(OC)c3)c(N3CCC(C)CC3)c2c1. The van der Waals surface area contributed by atoms with E-state index in [-0.39, 0.29) is 9.79 Å². The molecule has 0 spiro atoms. The average molecular weight is 457 g/mol. The van der Waals surface area contributed by atoms with E-state index >= 15 is 0 Å². The Bertz CT molecular complexity index is 1230. The molecule has 0 amide bonds. The molecule has 0 atom stereocenters. The zero-order valence-corrected chi connectivity index (χ0v) is 19.6. The van der Waals surface area contributed by atoms with E-state index in [9.17, 15) is 8.42 Å². The number of anilines is 1. The fraction of sp³-hybridized carbons (Fsp3) is 0.375. The highest BCUT2D eigenvalue weighted by atomic mass is 32.2. The summed E-state index contributed by atoms with van der Waals surface area (Å²) in [7, 11) is 0.717. The van der Waals surface area contributed by atoms with Crippen molar-refractivity contribution in [3.63, 3.8) is 0 Å². The van der Waals surface area contributed by atoms with Gasteiger partial charge >= 0.3 is 0 Å². The maximum atomic E-state index is 13.8. The zero-order chi connectivity index (χ0) is 22.9. The molecule has 2 heterocycles.